The number of nitrogens with one attached hydrogen (secondary N) is 1. The van der Waals surface area contributed by atoms with Gasteiger partial charge in [-0.3, -0.25) is 14.6 Å². The molecule has 24 heavy (non-hydrogen) atoms. The fourth-order valence-electron chi connectivity index (χ4n) is 3.49. The van der Waals surface area contributed by atoms with E-state index in [0.717, 1.165) is 35.5 Å². The molecule has 2 aromatic rings. The molecular weight excluding hydrogens is 302 g/mol. The minimum absolute atomic E-state index is 0.0328. The summed E-state index contributed by atoms with van der Waals surface area (Å²) in [7, 11) is 0. The second kappa shape index (κ2) is 5.16. The molecule has 2 aliphatic rings. The van der Waals surface area contributed by atoms with E-state index < -0.39 is 5.41 Å². The second-order valence-corrected chi connectivity index (χ2v) is 6.87. The zero-order chi connectivity index (χ0) is 16.9. The van der Waals surface area contributed by atoms with Crippen LogP contribution < -0.4 is 10.2 Å². The van der Waals surface area contributed by atoms with Crippen molar-refractivity contribution < 1.29 is 9.59 Å². The molecule has 3 heterocycles. The molecule has 0 spiro atoms. The minimum Gasteiger partial charge on any atom is -0.325 e. The zero-order valence-corrected chi connectivity index (χ0v) is 13.8. The van der Waals surface area contributed by atoms with Crippen LogP contribution in [0.2, 0.25) is 0 Å². The van der Waals surface area contributed by atoms with Crippen molar-refractivity contribution in [2.75, 3.05) is 16.8 Å². The topological polar surface area (TPSA) is 62.3 Å². The number of carbonyl (C=O) groups excluding carboxylic acids is 2. The Hall–Kier alpha value is -2.69. The molecule has 0 radical (unpaired) electrons. The molecule has 122 valence electrons. The number of pyridine rings is 1. The molecule has 0 aliphatic carbocycles. The van der Waals surface area contributed by atoms with Gasteiger partial charge in [-0.05, 0) is 56.5 Å². The van der Waals surface area contributed by atoms with E-state index in [-0.39, 0.29) is 11.8 Å². The van der Waals surface area contributed by atoms with Crippen molar-refractivity contribution in [1.29, 1.82) is 0 Å². The molecule has 5 nitrogen and oxygen atoms in total. The standard InChI is InChI=1S/C19H19N3O2/c1-19(2)13-8-7-12(11-15(13)21-18(19)24)17(23)22-10-4-5-14-16(22)6-3-9-20-14/h3,6-9,11H,4-5,10H2,1-2H3,(H,21,24). The van der Waals surface area contributed by atoms with Crippen molar-refractivity contribution in [3.05, 3.63) is 53.3 Å². The molecule has 1 aromatic heterocycles. The van der Waals surface area contributed by atoms with E-state index in [0.29, 0.717) is 12.1 Å². The molecule has 0 saturated carbocycles. The number of aromatic nitrogens is 1. The van der Waals surface area contributed by atoms with E-state index in [4.69, 9.17) is 0 Å². The largest absolute Gasteiger partial charge is 0.325 e. The average Bonchev–Trinajstić information content (AvgIpc) is 2.82. The summed E-state index contributed by atoms with van der Waals surface area (Å²) in [4.78, 5) is 31.2. The highest BCUT2D eigenvalue weighted by molar-refractivity contribution is 6.10. The predicted octanol–water partition coefficient (Wildman–Crippen LogP) is 2.90. The quantitative estimate of drug-likeness (QED) is 0.878. The van der Waals surface area contributed by atoms with Crippen molar-refractivity contribution >= 4 is 23.2 Å². The maximum atomic E-state index is 13.0. The number of aryl methyl sites for hydroxylation is 1. The van der Waals surface area contributed by atoms with Crippen molar-refractivity contribution in [2.45, 2.75) is 32.1 Å². The molecule has 4 rings (SSSR count). The smallest absolute Gasteiger partial charge is 0.258 e. The minimum atomic E-state index is -0.557. The van der Waals surface area contributed by atoms with E-state index in [2.05, 4.69) is 10.3 Å². The normalized spacial score (nSPS) is 17.9. The first-order valence-electron chi connectivity index (χ1n) is 8.20. The fraction of sp³-hybridized carbons (Fsp3) is 0.316. The van der Waals surface area contributed by atoms with E-state index in [1.807, 2.05) is 38.1 Å². The number of nitrogens with zero attached hydrogens (tertiary/aromatic N) is 2. The molecule has 1 aromatic carbocycles. The number of amides is 2. The third-order valence-electron chi connectivity index (χ3n) is 4.95. The van der Waals surface area contributed by atoms with Crippen LogP contribution in [-0.2, 0) is 16.6 Å². The van der Waals surface area contributed by atoms with Crippen LogP contribution in [0.3, 0.4) is 0 Å². The summed E-state index contributed by atoms with van der Waals surface area (Å²) in [6.45, 7) is 4.47. The molecule has 0 bridgehead atoms. The van der Waals surface area contributed by atoms with Crippen LogP contribution in [0.1, 0.15) is 41.9 Å². The zero-order valence-electron chi connectivity index (χ0n) is 13.8. The van der Waals surface area contributed by atoms with E-state index in [9.17, 15) is 9.59 Å². The summed E-state index contributed by atoms with van der Waals surface area (Å²) < 4.78 is 0. The van der Waals surface area contributed by atoms with Gasteiger partial charge in [0, 0.05) is 24.0 Å². The van der Waals surface area contributed by atoms with Gasteiger partial charge in [0.1, 0.15) is 0 Å². The summed E-state index contributed by atoms with van der Waals surface area (Å²) in [6.07, 6.45) is 3.57. The molecular formula is C19H19N3O2. The monoisotopic (exact) mass is 321 g/mol. The summed E-state index contributed by atoms with van der Waals surface area (Å²) >= 11 is 0. The second-order valence-electron chi connectivity index (χ2n) is 6.87. The van der Waals surface area contributed by atoms with Gasteiger partial charge in [0.25, 0.3) is 5.91 Å². The number of rotatable bonds is 1. The number of hydrogen-bond donors (Lipinski definition) is 1. The van der Waals surface area contributed by atoms with E-state index in [1.54, 1.807) is 17.2 Å². The van der Waals surface area contributed by atoms with Gasteiger partial charge in [0.2, 0.25) is 5.91 Å². The highest BCUT2D eigenvalue weighted by atomic mass is 16.2. The first kappa shape index (κ1) is 14.9. The highest BCUT2D eigenvalue weighted by Gasteiger charge is 2.38. The number of anilines is 2. The number of benzene rings is 1. The Morgan fingerprint density at radius 2 is 2.12 bits per heavy atom. The summed E-state index contributed by atoms with van der Waals surface area (Å²) in [5, 5.41) is 2.88. The summed E-state index contributed by atoms with van der Waals surface area (Å²) in [6, 6.07) is 9.28. The molecule has 2 aliphatic heterocycles. The van der Waals surface area contributed by atoms with Crippen LogP contribution in [-0.4, -0.2) is 23.3 Å². The Labute approximate surface area is 140 Å². The van der Waals surface area contributed by atoms with Crippen LogP contribution >= 0.6 is 0 Å². The van der Waals surface area contributed by atoms with Gasteiger partial charge in [-0.25, -0.2) is 0 Å². The summed E-state index contributed by atoms with van der Waals surface area (Å²) in [5.41, 5.74) is 3.55. The Bertz CT molecular complexity index is 857. The van der Waals surface area contributed by atoms with Gasteiger partial charge in [-0.15, -0.1) is 0 Å². The SMILES string of the molecule is CC1(C)C(=O)Nc2cc(C(=O)N3CCCc4ncccc43)ccc21. The maximum Gasteiger partial charge on any atom is 0.258 e. The molecule has 0 saturated heterocycles. The van der Waals surface area contributed by atoms with Crippen LogP contribution in [0.5, 0.6) is 0 Å². The lowest BCUT2D eigenvalue weighted by atomic mass is 9.86. The van der Waals surface area contributed by atoms with E-state index >= 15 is 0 Å². The first-order valence-corrected chi connectivity index (χ1v) is 8.20. The Balaban J connectivity index is 1.70. The molecule has 0 fully saturated rings. The van der Waals surface area contributed by atoms with Gasteiger partial charge in [0.15, 0.2) is 0 Å². The van der Waals surface area contributed by atoms with Crippen molar-refractivity contribution in [1.82, 2.24) is 4.98 Å². The van der Waals surface area contributed by atoms with E-state index in [1.165, 1.54) is 0 Å². The maximum absolute atomic E-state index is 13.0. The fourth-order valence-corrected chi connectivity index (χ4v) is 3.49. The Morgan fingerprint density at radius 1 is 1.29 bits per heavy atom. The van der Waals surface area contributed by atoms with Crippen LogP contribution in [0.4, 0.5) is 11.4 Å². The van der Waals surface area contributed by atoms with Gasteiger partial charge in [0.05, 0.1) is 16.8 Å². The number of fused-ring (bicyclic) bond motifs is 2. The lowest BCUT2D eigenvalue weighted by Crippen LogP contribution is -2.35. The third kappa shape index (κ3) is 2.12. The Morgan fingerprint density at radius 3 is 2.96 bits per heavy atom. The highest BCUT2D eigenvalue weighted by Crippen LogP contribution is 2.38. The Kier molecular flexibility index (Phi) is 3.20. The lowest BCUT2D eigenvalue weighted by Gasteiger charge is -2.28. The third-order valence-corrected chi connectivity index (χ3v) is 4.95. The van der Waals surface area contributed by atoms with Crippen LogP contribution in [0.15, 0.2) is 36.5 Å². The average molecular weight is 321 g/mol. The number of hydrogen-bond acceptors (Lipinski definition) is 3. The molecule has 0 atom stereocenters. The number of carbonyl (C=O) groups is 2. The lowest BCUT2D eigenvalue weighted by molar-refractivity contribution is -0.119. The molecule has 0 unspecified atom stereocenters. The molecule has 1 N–H and O–H groups in total. The van der Waals surface area contributed by atoms with Gasteiger partial charge < -0.3 is 10.2 Å². The summed E-state index contributed by atoms with van der Waals surface area (Å²) in [5.74, 6) is -0.0830. The molecule has 5 heteroatoms. The molecule has 2 amide bonds. The predicted molar refractivity (Wildman–Crippen MR) is 92.3 cm³/mol. The first-order chi connectivity index (χ1) is 11.5. The van der Waals surface area contributed by atoms with Gasteiger partial charge in [-0.1, -0.05) is 6.07 Å². The van der Waals surface area contributed by atoms with Crippen molar-refractivity contribution in [3.63, 3.8) is 0 Å². The van der Waals surface area contributed by atoms with Gasteiger partial charge >= 0.3 is 0 Å². The van der Waals surface area contributed by atoms with Crippen LogP contribution in [0, 0.1) is 0 Å². The van der Waals surface area contributed by atoms with Crippen molar-refractivity contribution in [3.8, 4) is 0 Å². The van der Waals surface area contributed by atoms with Crippen molar-refractivity contribution in [2.24, 2.45) is 0 Å². The van der Waals surface area contributed by atoms with Crippen LogP contribution in [0.25, 0.3) is 0 Å². The van der Waals surface area contributed by atoms with Gasteiger partial charge in [-0.2, -0.15) is 0 Å².